The fourth-order valence-electron chi connectivity index (χ4n) is 2.70. The molecule has 144 valence electrons. The number of ketones is 1. The lowest BCUT2D eigenvalue weighted by atomic mass is 10.0. The van der Waals surface area contributed by atoms with E-state index in [9.17, 15) is 13.2 Å². The number of hydrogen-bond acceptors (Lipinski definition) is 4. The topological polar surface area (TPSA) is 72.5 Å². The van der Waals surface area contributed by atoms with E-state index in [-0.39, 0.29) is 11.5 Å². The smallest absolute Gasteiger partial charge is 0.232 e. The summed E-state index contributed by atoms with van der Waals surface area (Å²) < 4.78 is 30.8. The quantitative estimate of drug-likeness (QED) is 0.472. The molecule has 0 spiro atoms. The van der Waals surface area contributed by atoms with Crippen molar-refractivity contribution in [1.29, 1.82) is 0 Å². The van der Waals surface area contributed by atoms with Gasteiger partial charge in [0.15, 0.2) is 5.78 Å². The molecule has 0 radical (unpaired) electrons. The minimum atomic E-state index is -3.33. The maximum Gasteiger partial charge on any atom is 0.232 e. The molecule has 5 nitrogen and oxygen atoms in total. The van der Waals surface area contributed by atoms with Crippen molar-refractivity contribution in [2.24, 2.45) is 0 Å². The van der Waals surface area contributed by atoms with Crippen LogP contribution in [0.3, 0.4) is 0 Å². The maximum absolute atomic E-state index is 12.4. The van der Waals surface area contributed by atoms with Crippen molar-refractivity contribution >= 4 is 38.3 Å². The van der Waals surface area contributed by atoms with Gasteiger partial charge in [-0.3, -0.25) is 9.52 Å². The molecule has 0 amide bonds. The molecule has 0 saturated heterocycles. The second-order valence-electron chi connectivity index (χ2n) is 6.25. The zero-order valence-electron chi connectivity index (χ0n) is 15.7. The number of anilines is 1. The van der Waals surface area contributed by atoms with Gasteiger partial charge in [0, 0.05) is 11.3 Å². The van der Waals surface area contributed by atoms with Crippen LogP contribution in [0.25, 0.3) is 16.8 Å². The third-order valence-corrected chi connectivity index (χ3v) is 5.63. The second-order valence-corrected chi connectivity index (χ2v) is 8.26. The molecule has 3 rings (SSSR count). The van der Waals surface area contributed by atoms with Crippen LogP contribution in [0, 0.1) is 0 Å². The van der Waals surface area contributed by atoms with E-state index in [4.69, 9.17) is 4.74 Å². The number of fused-ring (bicyclic) bond motifs is 1. The van der Waals surface area contributed by atoms with Gasteiger partial charge in [-0.2, -0.15) is 0 Å². The van der Waals surface area contributed by atoms with Gasteiger partial charge in [0.25, 0.3) is 0 Å². The van der Waals surface area contributed by atoms with Crippen LogP contribution in [0.4, 0.5) is 5.69 Å². The molecule has 0 saturated carbocycles. The average Bonchev–Trinajstić information content (AvgIpc) is 2.71. The number of methoxy groups -OCH3 is 1. The number of sulfonamides is 1. The molecule has 0 aliphatic heterocycles. The summed E-state index contributed by atoms with van der Waals surface area (Å²) in [5.74, 6) is 0.643. The highest BCUT2D eigenvalue weighted by Gasteiger charge is 2.07. The minimum Gasteiger partial charge on any atom is -0.497 e. The van der Waals surface area contributed by atoms with Crippen molar-refractivity contribution in [3.05, 3.63) is 77.9 Å². The van der Waals surface area contributed by atoms with E-state index in [1.54, 1.807) is 44.4 Å². The predicted molar refractivity (Wildman–Crippen MR) is 113 cm³/mol. The van der Waals surface area contributed by atoms with Crippen molar-refractivity contribution < 1.29 is 17.9 Å². The zero-order valence-corrected chi connectivity index (χ0v) is 16.5. The number of hydrogen-bond donors (Lipinski definition) is 1. The Bertz CT molecular complexity index is 1130. The molecular formula is C22H21NO4S. The molecule has 0 heterocycles. The Morgan fingerprint density at radius 1 is 1.00 bits per heavy atom. The van der Waals surface area contributed by atoms with Crippen molar-refractivity contribution in [2.75, 3.05) is 17.6 Å². The summed E-state index contributed by atoms with van der Waals surface area (Å²) in [5.41, 5.74) is 1.84. The SMILES string of the molecule is CCS(=O)(=O)Nc1ccc(C(=O)C=Cc2ccc3cc(OC)ccc3c2)cc1. The first-order valence-corrected chi connectivity index (χ1v) is 10.5. The minimum absolute atomic E-state index is 0.00500. The van der Waals surface area contributed by atoms with Gasteiger partial charge in [0.05, 0.1) is 12.9 Å². The van der Waals surface area contributed by atoms with E-state index >= 15 is 0 Å². The van der Waals surface area contributed by atoms with Crippen LogP contribution in [0.2, 0.25) is 0 Å². The van der Waals surface area contributed by atoms with E-state index in [1.165, 1.54) is 6.08 Å². The van der Waals surface area contributed by atoms with Crippen molar-refractivity contribution in [2.45, 2.75) is 6.92 Å². The lowest BCUT2D eigenvalue weighted by Gasteiger charge is -2.06. The van der Waals surface area contributed by atoms with Crippen molar-refractivity contribution in [3.63, 3.8) is 0 Å². The normalized spacial score (nSPS) is 11.6. The third-order valence-electron chi connectivity index (χ3n) is 4.32. The van der Waals surface area contributed by atoms with Crippen LogP contribution < -0.4 is 9.46 Å². The summed E-state index contributed by atoms with van der Waals surface area (Å²) in [5, 5.41) is 2.12. The number of ether oxygens (including phenoxy) is 1. The van der Waals surface area contributed by atoms with Gasteiger partial charge < -0.3 is 4.74 Å². The molecule has 28 heavy (non-hydrogen) atoms. The zero-order chi connectivity index (χ0) is 20.1. The lowest BCUT2D eigenvalue weighted by molar-refractivity contribution is 0.104. The summed E-state index contributed by atoms with van der Waals surface area (Å²) in [7, 11) is -1.70. The van der Waals surface area contributed by atoms with Crippen LogP contribution in [0.5, 0.6) is 5.75 Å². The fourth-order valence-corrected chi connectivity index (χ4v) is 3.33. The first kappa shape index (κ1) is 19.6. The number of benzene rings is 3. The van der Waals surface area contributed by atoms with E-state index in [1.807, 2.05) is 36.4 Å². The Hall–Kier alpha value is -3.12. The van der Waals surface area contributed by atoms with Crippen molar-refractivity contribution in [3.8, 4) is 5.75 Å². The van der Waals surface area contributed by atoms with E-state index in [2.05, 4.69) is 4.72 Å². The number of allylic oxidation sites excluding steroid dienone is 1. The molecular weight excluding hydrogens is 374 g/mol. The van der Waals surface area contributed by atoms with Gasteiger partial charge in [0.2, 0.25) is 10.0 Å². The molecule has 0 aromatic heterocycles. The number of nitrogens with one attached hydrogen (secondary N) is 1. The molecule has 0 unspecified atom stereocenters. The number of carbonyl (C=O) groups is 1. The molecule has 0 aliphatic rings. The van der Waals surface area contributed by atoms with Crippen LogP contribution in [0.1, 0.15) is 22.8 Å². The Labute approximate surface area is 164 Å². The predicted octanol–water partition coefficient (Wildman–Crippen LogP) is 4.51. The van der Waals surface area contributed by atoms with Crippen LogP contribution in [0.15, 0.2) is 66.7 Å². The van der Waals surface area contributed by atoms with Gasteiger partial charge in [-0.15, -0.1) is 0 Å². The summed E-state index contributed by atoms with van der Waals surface area (Å²) >= 11 is 0. The first-order valence-electron chi connectivity index (χ1n) is 8.81. The summed E-state index contributed by atoms with van der Waals surface area (Å²) in [4.78, 5) is 12.4. The summed E-state index contributed by atoms with van der Waals surface area (Å²) in [6, 6.07) is 18.1. The highest BCUT2D eigenvalue weighted by Crippen LogP contribution is 2.22. The van der Waals surface area contributed by atoms with Crippen LogP contribution in [-0.2, 0) is 10.0 Å². The Balaban J connectivity index is 1.73. The number of carbonyl (C=O) groups excluding carboxylic acids is 1. The molecule has 0 atom stereocenters. The Morgan fingerprint density at radius 2 is 1.68 bits per heavy atom. The van der Waals surface area contributed by atoms with Gasteiger partial charge in [0.1, 0.15) is 5.75 Å². The summed E-state index contributed by atoms with van der Waals surface area (Å²) in [6.45, 7) is 1.56. The largest absolute Gasteiger partial charge is 0.497 e. The van der Waals surface area contributed by atoms with E-state index in [0.717, 1.165) is 22.1 Å². The van der Waals surface area contributed by atoms with E-state index in [0.29, 0.717) is 11.3 Å². The van der Waals surface area contributed by atoms with E-state index < -0.39 is 10.0 Å². The van der Waals surface area contributed by atoms with Gasteiger partial charge in [-0.05, 0) is 71.8 Å². The standard InChI is InChI=1S/C22H21NO4S/c1-3-28(25,26)23-20-10-7-17(8-11-20)22(24)13-5-16-4-6-19-15-21(27-2)12-9-18(19)14-16/h4-15,23H,3H2,1-2H3. The molecule has 3 aromatic carbocycles. The Kier molecular flexibility index (Phi) is 5.80. The monoisotopic (exact) mass is 395 g/mol. The highest BCUT2D eigenvalue weighted by molar-refractivity contribution is 7.92. The molecule has 6 heteroatoms. The third kappa shape index (κ3) is 4.78. The second kappa shape index (κ2) is 8.27. The molecule has 3 aromatic rings. The van der Waals surface area contributed by atoms with Gasteiger partial charge in [-0.1, -0.05) is 24.3 Å². The van der Waals surface area contributed by atoms with Crippen molar-refractivity contribution in [1.82, 2.24) is 0 Å². The number of rotatable bonds is 7. The fraction of sp³-hybridized carbons (Fsp3) is 0.136. The highest BCUT2D eigenvalue weighted by atomic mass is 32.2. The van der Waals surface area contributed by atoms with Crippen LogP contribution >= 0.6 is 0 Å². The summed E-state index contributed by atoms with van der Waals surface area (Å²) in [6.07, 6.45) is 3.27. The molecule has 1 N–H and O–H groups in total. The average molecular weight is 395 g/mol. The Morgan fingerprint density at radius 3 is 2.36 bits per heavy atom. The van der Waals surface area contributed by atoms with Gasteiger partial charge >= 0.3 is 0 Å². The maximum atomic E-state index is 12.4. The lowest BCUT2D eigenvalue weighted by Crippen LogP contribution is -2.14. The molecule has 0 aliphatic carbocycles. The first-order chi connectivity index (χ1) is 13.4. The molecule has 0 fully saturated rings. The van der Waals surface area contributed by atoms with Gasteiger partial charge in [-0.25, -0.2) is 8.42 Å². The van der Waals surface area contributed by atoms with Crippen LogP contribution in [-0.4, -0.2) is 27.1 Å². The molecule has 0 bridgehead atoms.